The van der Waals surface area contributed by atoms with Gasteiger partial charge in [-0.1, -0.05) is 23.7 Å². The molecule has 2 aromatic carbocycles. The molecule has 0 aliphatic rings. The fourth-order valence-corrected chi connectivity index (χ4v) is 2.04. The summed E-state index contributed by atoms with van der Waals surface area (Å²) >= 11 is 5.58. The van der Waals surface area contributed by atoms with E-state index in [-0.39, 0.29) is 10.7 Å². The number of anilines is 2. The number of carbonyl (C=O) groups excluding carboxylic acids is 1. The predicted molar refractivity (Wildman–Crippen MR) is 80.3 cm³/mol. The van der Waals surface area contributed by atoms with Crippen LogP contribution < -0.4 is 10.6 Å². The Morgan fingerprint density at radius 1 is 1.09 bits per heavy atom. The molecule has 0 bridgehead atoms. The van der Waals surface area contributed by atoms with E-state index in [1.807, 2.05) is 13.0 Å². The molecule has 2 amide bonds. The molecule has 3 nitrogen and oxygen atoms in total. The first-order chi connectivity index (χ1) is 10.3. The van der Waals surface area contributed by atoms with Gasteiger partial charge in [0.05, 0.1) is 11.3 Å². The highest BCUT2D eigenvalue weighted by Gasteiger charge is 2.34. The second-order valence-electron chi connectivity index (χ2n) is 4.64. The monoisotopic (exact) mass is 328 g/mol. The van der Waals surface area contributed by atoms with Crippen molar-refractivity contribution >= 4 is 29.0 Å². The van der Waals surface area contributed by atoms with Gasteiger partial charge in [0.25, 0.3) is 0 Å². The summed E-state index contributed by atoms with van der Waals surface area (Å²) in [7, 11) is 0. The molecule has 0 fully saturated rings. The zero-order chi connectivity index (χ0) is 16.3. The van der Waals surface area contributed by atoms with E-state index < -0.39 is 17.8 Å². The van der Waals surface area contributed by atoms with Gasteiger partial charge in [-0.15, -0.1) is 0 Å². The summed E-state index contributed by atoms with van der Waals surface area (Å²) in [4.78, 5) is 11.8. The zero-order valence-electron chi connectivity index (χ0n) is 11.5. The van der Waals surface area contributed by atoms with Crippen molar-refractivity contribution in [1.29, 1.82) is 0 Å². The molecule has 2 rings (SSSR count). The van der Waals surface area contributed by atoms with Gasteiger partial charge >= 0.3 is 12.2 Å². The van der Waals surface area contributed by atoms with E-state index in [1.54, 1.807) is 18.2 Å². The summed E-state index contributed by atoms with van der Waals surface area (Å²) < 4.78 is 38.8. The quantitative estimate of drug-likeness (QED) is 0.770. The number of hydrogen-bond acceptors (Lipinski definition) is 1. The molecule has 7 heteroatoms. The number of halogens is 4. The molecular formula is C15H12ClF3N2O. The van der Waals surface area contributed by atoms with Gasteiger partial charge in [0.2, 0.25) is 0 Å². The van der Waals surface area contributed by atoms with Crippen LogP contribution in [0.25, 0.3) is 0 Å². The number of hydrogen-bond donors (Lipinski definition) is 2. The first-order valence-corrected chi connectivity index (χ1v) is 6.65. The number of amides is 2. The third-order valence-corrected chi connectivity index (χ3v) is 3.05. The Morgan fingerprint density at radius 3 is 2.45 bits per heavy atom. The van der Waals surface area contributed by atoms with E-state index in [9.17, 15) is 18.0 Å². The Bertz CT molecular complexity index is 701. The molecule has 0 spiro atoms. The third-order valence-electron chi connectivity index (χ3n) is 2.81. The lowest BCUT2D eigenvalue weighted by Gasteiger charge is -2.14. The lowest BCUT2D eigenvalue weighted by molar-refractivity contribution is -0.136. The predicted octanol–water partition coefficient (Wildman–Crippen LogP) is 5.31. The van der Waals surface area contributed by atoms with Crippen molar-refractivity contribution in [2.24, 2.45) is 0 Å². The molecule has 2 N–H and O–H groups in total. The SMILES string of the molecule is Cc1cccc(NC(=O)Nc2ccc(Cl)cc2C(F)(F)F)c1. The van der Waals surface area contributed by atoms with Gasteiger partial charge in [-0.3, -0.25) is 0 Å². The molecule has 0 heterocycles. The minimum absolute atomic E-state index is 0.0584. The number of rotatable bonds is 2. The highest BCUT2D eigenvalue weighted by molar-refractivity contribution is 6.30. The van der Waals surface area contributed by atoms with Gasteiger partial charge < -0.3 is 10.6 Å². The highest BCUT2D eigenvalue weighted by Crippen LogP contribution is 2.36. The molecule has 0 aliphatic heterocycles. The second kappa shape index (κ2) is 6.27. The van der Waals surface area contributed by atoms with Crippen molar-refractivity contribution in [3.63, 3.8) is 0 Å². The van der Waals surface area contributed by atoms with Gasteiger partial charge in [-0.2, -0.15) is 13.2 Å². The molecule has 116 valence electrons. The maximum absolute atomic E-state index is 12.9. The number of nitrogens with one attached hydrogen (secondary N) is 2. The maximum Gasteiger partial charge on any atom is 0.418 e. The van der Waals surface area contributed by atoms with Crippen molar-refractivity contribution in [1.82, 2.24) is 0 Å². The number of urea groups is 1. The van der Waals surface area contributed by atoms with Crippen LogP contribution in [-0.2, 0) is 6.18 Å². The van der Waals surface area contributed by atoms with E-state index in [1.165, 1.54) is 6.07 Å². The minimum atomic E-state index is -4.61. The first-order valence-electron chi connectivity index (χ1n) is 6.27. The van der Waals surface area contributed by atoms with Gasteiger partial charge in [-0.05, 0) is 42.8 Å². The fourth-order valence-electron chi connectivity index (χ4n) is 1.87. The third kappa shape index (κ3) is 4.14. The zero-order valence-corrected chi connectivity index (χ0v) is 12.2. The lowest BCUT2D eigenvalue weighted by atomic mass is 10.1. The lowest BCUT2D eigenvalue weighted by Crippen LogP contribution is -2.21. The number of alkyl halides is 3. The van der Waals surface area contributed by atoms with Crippen molar-refractivity contribution in [3.05, 3.63) is 58.6 Å². The van der Waals surface area contributed by atoms with Crippen molar-refractivity contribution < 1.29 is 18.0 Å². The number of benzene rings is 2. The van der Waals surface area contributed by atoms with Crippen LogP contribution in [0.2, 0.25) is 5.02 Å². The molecule has 0 atom stereocenters. The van der Waals surface area contributed by atoms with Crippen molar-refractivity contribution in [2.75, 3.05) is 10.6 Å². The standard InChI is InChI=1S/C15H12ClF3N2O/c1-9-3-2-4-11(7-9)20-14(22)21-13-6-5-10(16)8-12(13)15(17,18)19/h2-8H,1H3,(H2,20,21,22). The average molecular weight is 329 g/mol. The largest absolute Gasteiger partial charge is 0.418 e. The summed E-state index contributed by atoms with van der Waals surface area (Å²) in [5, 5.41) is 4.60. The Morgan fingerprint density at radius 2 is 1.82 bits per heavy atom. The second-order valence-corrected chi connectivity index (χ2v) is 5.07. The molecule has 0 saturated carbocycles. The van der Waals surface area contributed by atoms with Crippen LogP contribution in [0.4, 0.5) is 29.3 Å². The van der Waals surface area contributed by atoms with Crippen molar-refractivity contribution in [3.8, 4) is 0 Å². The van der Waals surface area contributed by atoms with Crippen LogP contribution in [0.5, 0.6) is 0 Å². The molecule has 22 heavy (non-hydrogen) atoms. The fraction of sp³-hybridized carbons (Fsp3) is 0.133. The van der Waals surface area contributed by atoms with Crippen LogP contribution >= 0.6 is 11.6 Å². The van der Waals surface area contributed by atoms with Crippen LogP contribution in [0.15, 0.2) is 42.5 Å². The number of carbonyl (C=O) groups is 1. The summed E-state index contributed by atoms with van der Waals surface area (Å²) in [5.41, 5.74) is 0.0433. The molecule has 0 radical (unpaired) electrons. The smallest absolute Gasteiger partial charge is 0.308 e. The summed E-state index contributed by atoms with van der Waals surface area (Å²) in [6.07, 6.45) is -4.61. The molecule has 0 aliphatic carbocycles. The van der Waals surface area contributed by atoms with E-state index in [2.05, 4.69) is 10.6 Å². The first kappa shape index (κ1) is 16.2. The molecular weight excluding hydrogens is 317 g/mol. The van der Waals surface area contributed by atoms with E-state index in [0.29, 0.717) is 5.69 Å². The van der Waals surface area contributed by atoms with Crippen LogP contribution in [0.1, 0.15) is 11.1 Å². The Labute approximate surface area is 130 Å². The summed E-state index contributed by atoms with van der Waals surface area (Å²) in [6, 6.07) is 9.30. The van der Waals surface area contributed by atoms with Gasteiger partial charge in [0, 0.05) is 10.7 Å². The molecule has 2 aromatic rings. The number of aryl methyl sites for hydroxylation is 1. The van der Waals surface area contributed by atoms with Crippen LogP contribution in [0, 0.1) is 6.92 Å². The normalized spacial score (nSPS) is 11.1. The van der Waals surface area contributed by atoms with E-state index >= 15 is 0 Å². The van der Waals surface area contributed by atoms with Crippen LogP contribution in [-0.4, -0.2) is 6.03 Å². The van der Waals surface area contributed by atoms with Crippen molar-refractivity contribution in [2.45, 2.75) is 13.1 Å². The molecule has 0 saturated heterocycles. The Balaban J connectivity index is 2.18. The summed E-state index contributed by atoms with van der Waals surface area (Å²) in [5.74, 6) is 0. The maximum atomic E-state index is 12.9. The van der Waals surface area contributed by atoms with E-state index in [4.69, 9.17) is 11.6 Å². The molecule has 0 unspecified atom stereocenters. The highest BCUT2D eigenvalue weighted by atomic mass is 35.5. The minimum Gasteiger partial charge on any atom is -0.308 e. The molecule has 0 aromatic heterocycles. The van der Waals surface area contributed by atoms with E-state index in [0.717, 1.165) is 17.7 Å². The topological polar surface area (TPSA) is 41.1 Å². The van der Waals surface area contributed by atoms with Gasteiger partial charge in [0.15, 0.2) is 0 Å². The van der Waals surface area contributed by atoms with Gasteiger partial charge in [-0.25, -0.2) is 4.79 Å². The Hall–Kier alpha value is -2.21. The van der Waals surface area contributed by atoms with Gasteiger partial charge in [0.1, 0.15) is 0 Å². The summed E-state index contributed by atoms with van der Waals surface area (Å²) in [6.45, 7) is 1.84. The average Bonchev–Trinajstić information content (AvgIpc) is 2.39. The Kier molecular flexibility index (Phi) is 4.61. The van der Waals surface area contributed by atoms with Crippen LogP contribution in [0.3, 0.4) is 0 Å².